The Morgan fingerprint density at radius 2 is 1.82 bits per heavy atom. The predicted molar refractivity (Wildman–Crippen MR) is 84.5 cm³/mol. The minimum atomic E-state index is -1.07. The van der Waals surface area contributed by atoms with Crippen molar-refractivity contribution in [3.63, 3.8) is 0 Å². The molecule has 7 heteroatoms. The van der Waals surface area contributed by atoms with Crippen molar-refractivity contribution in [1.82, 2.24) is 4.98 Å². The molecule has 2 N–H and O–H groups in total. The molecule has 0 amide bonds. The number of aryl methyl sites for hydroxylation is 2. The summed E-state index contributed by atoms with van der Waals surface area (Å²) in [6.45, 7) is 2.99. The molecule has 0 unspecified atom stereocenters. The van der Waals surface area contributed by atoms with E-state index in [-0.39, 0.29) is 13.1 Å². The third-order valence-electron chi connectivity index (χ3n) is 3.07. The summed E-state index contributed by atoms with van der Waals surface area (Å²) in [4.78, 5) is 27.7. The van der Waals surface area contributed by atoms with Crippen LogP contribution < -0.4 is 4.90 Å². The topological polar surface area (TPSA) is 90.7 Å². The summed E-state index contributed by atoms with van der Waals surface area (Å²) in [5.74, 6) is -2.15. The van der Waals surface area contributed by atoms with E-state index in [1.54, 1.807) is 6.07 Å². The van der Waals surface area contributed by atoms with Crippen molar-refractivity contribution in [1.29, 1.82) is 0 Å². The van der Waals surface area contributed by atoms with E-state index in [1.807, 2.05) is 31.4 Å². The Morgan fingerprint density at radius 3 is 2.32 bits per heavy atom. The molecule has 22 heavy (non-hydrogen) atoms. The first-order valence-corrected chi connectivity index (χ1v) is 7.46. The fraction of sp³-hybridized carbons (Fsp3) is 0.267. The quantitative estimate of drug-likeness (QED) is 0.849. The number of nitrogens with zero attached hydrogens (tertiary/aromatic N) is 2. The second-order valence-electron chi connectivity index (χ2n) is 4.94. The fourth-order valence-electron chi connectivity index (χ4n) is 2.12. The number of anilines is 1. The second-order valence-corrected chi connectivity index (χ2v) is 5.80. The largest absolute Gasteiger partial charge is 0.480 e. The number of carbonyl (C=O) groups is 2. The number of hydrogen-bond acceptors (Lipinski definition) is 5. The van der Waals surface area contributed by atoms with Gasteiger partial charge >= 0.3 is 11.9 Å². The second kappa shape index (κ2) is 6.57. The molecule has 1 aromatic heterocycles. The van der Waals surface area contributed by atoms with Gasteiger partial charge in [0.15, 0.2) is 0 Å². The van der Waals surface area contributed by atoms with Crippen molar-refractivity contribution in [2.75, 3.05) is 18.0 Å². The maximum absolute atomic E-state index is 11.0. The predicted octanol–water partition coefficient (Wildman–Crippen LogP) is 2.40. The van der Waals surface area contributed by atoms with Crippen molar-refractivity contribution >= 4 is 29.0 Å². The third-order valence-corrected chi connectivity index (χ3v) is 4.08. The maximum Gasteiger partial charge on any atom is 0.323 e. The summed E-state index contributed by atoms with van der Waals surface area (Å²) in [7, 11) is 0. The van der Waals surface area contributed by atoms with Gasteiger partial charge in [-0.15, -0.1) is 11.3 Å². The molecule has 0 fully saturated rings. The lowest BCUT2D eigenvalue weighted by molar-refractivity contribution is -0.136. The molecule has 0 aliphatic carbocycles. The van der Waals surface area contributed by atoms with E-state index in [9.17, 15) is 9.59 Å². The van der Waals surface area contributed by atoms with Gasteiger partial charge in [0.25, 0.3) is 0 Å². The maximum atomic E-state index is 11.0. The highest BCUT2D eigenvalue weighted by Crippen LogP contribution is 2.29. The molecule has 0 radical (unpaired) electrons. The first kappa shape index (κ1) is 16.0. The van der Waals surface area contributed by atoms with Crippen molar-refractivity contribution < 1.29 is 19.8 Å². The lowest BCUT2D eigenvalue weighted by atomic mass is 10.1. The standard InChI is InChI=1S/C15H16N2O4S/c1-9-3-4-11(15-16-10(2)8-22-15)5-12(9)17(6-13(18)19)7-14(20)21/h3-5,8H,6-7H2,1-2H3,(H,18,19)(H,20,21). The van der Waals surface area contributed by atoms with Crippen LogP contribution in [0.15, 0.2) is 23.6 Å². The molecule has 0 aliphatic rings. The molecule has 0 saturated carbocycles. The number of carboxylic acid groups (broad SMARTS) is 2. The molecule has 6 nitrogen and oxygen atoms in total. The van der Waals surface area contributed by atoms with Gasteiger partial charge in [0, 0.05) is 22.3 Å². The van der Waals surface area contributed by atoms with E-state index in [2.05, 4.69) is 4.98 Å². The van der Waals surface area contributed by atoms with E-state index in [1.165, 1.54) is 16.2 Å². The highest BCUT2D eigenvalue weighted by atomic mass is 32.1. The van der Waals surface area contributed by atoms with Crippen LogP contribution in [-0.4, -0.2) is 40.2 Å². The van der Waals surface area contributed by atoms with Gasteiger partial charge in [-0.2, -0.15) is 0 Å². The van der Waals surface area contributed by atoms with Gasteiger partial charge in [0.05, 0.1) is 0 Å². The molecular weight excluding hydrogens is 304 g/mol. The van der Waals surface area contributed by atoms with Crippen LogP contribution in [0.4, 0.5) is 5.69 Å². The van der Waals surface area contributed by atoms with Crippen LogP contribution in [0.25, 0.3) is 10.6 Å². The Morgan fingerprint density at radius 1 is 1.18 bits per heavy atom. The Balaban J connectivity index is 2.42. The SMILES string of the molecule is Cc1csc(-c2ccc(C)c(N(CC(=O)O)CC(=O)O)c2)n1. The highest BCUT2D eigenvalue weighted by molar-refractivity contribution is 7.13. The summed E-state index contributed by atoms with van der Waals surface area (Å²) >= 11 is 1.49. The third kappa shape index (κ3) is 3.82. The highest BCUT2D eigenvalue weighted by Gasteiger charge is 2.17. The van der Waals surface area contributed by atoms with Crippen LogP contribution >= 0.6 is 11.3 Å². The Labute approximate surface area is 131 Å². The number of rotatable bonds is 6. The minimum Gasteiger partial charge on any atom is -0.480 e. The summed E-state index contributed by atoms with van der Waals surface area (Å²) in [5.41, 5.74) is 3.17. The first-order chi connectivity index (χ1) is 10.4. The van der Waals surface area contributed by atoms with Crippen molar-refractivity contribution in [2.24, 2.45) is 0 Å². The number of aromatic nitrogens is 1. The van der Waals surface area contributed by atoms with Crippen LogP contribution in [0.3, 0.4) is 0 Å². The number of hydrogen-bond donors (Lipinski definition) is 2. The monoisotopic (exact) mass is 320 g/mol. The minimum absolute atomic E-state index is 0.368. The van der Waals surface area contributed by atoms with Crippen LogP contribution in [0.2, 0.25) is 0 Å². The van der Waals surface area contributed by atoms with Crippen molar-refractivity contribution in [3.05, 3.63) is 34.8 Å². The van der Waals surface area contributed by atoms with E-state index in [4.69, 9.17) is 10.2 Å². The summed E-state index contributed by atoms with van der Waals surface area (Å²) < 4.78 is 0. The molecule has 0 bridgehead atoms. The van der Waals surface area contributed by atoms with Gasteiger partial charge in [0.1, 0.15) is 18.1 Å². The molecular formula is C15H16N2O4S. The van der Waals surface area contributed by atoms with E-state index < -0.39 is 11.9 Å². The smallest absolute Gasteiger partial charge is 0.323 e. The number of carboxylic acids is 2. The zero-order chi connectivity index (χ0) is 16.3. The molecule has 0 saturated heterocycles. The Bertz CT molecular complexity index is 695. The lowest BCUT2D eigenvalue weighted by Gasteiger charge is -2.23. The molecule has 0 spiro atoms. The normalized spacial score (nSPS) is 10.5. The number of aliphatic carboxylic acids is 2. The molecule has 0 atom stereocenters. The van der Waals surface area contributed by atoms with Crippen LogP contribution in [0.1, 0.15) is 11.3 Å². The van der Waals surface area contributed by atoms with Crippen LogP contribution in [-0.2, 0) is 9.59 Å². The number of benzene rings is 1. The first-order valence-electron chi connectivity index (χ1n) is 6.58. The summed E-state index contributed by atoms with van der Waals surface area (Å²) in [6, 6.07) is 5.54. The van der Waals surface area contributed by atoms with E-state index in [0.717, 1.165) is 21.8 Å². The average molecular weight is 320 g/mol. The Hall–Kier alpha value is -2.41. The fourth-order valence-corrected chi connectivity index (χ4v) is 2.92. The molecule has 0 aliphatic heterocycles. The Kier molecular flexibility index (Phi) is 4.77. The molecule has 1 aromatic carbocycles. The zero-order valence-corrected chi connectivity index (χ0v) is 13.1. The average Bonchev–Trinajstić information content (AvgIpc) is 2.84. The van der Waals surface area contributed by atoms with Crippen molar-refractivity contribution in [2.45, 2.75) is 13.8 Å². The zero-order valence-electron chi connectivity index (χ0n) is 12.2. The van der Waals surface area contributed by atoms with Gasteiger partial charge in [-0.1, -0.05) is 12.1 Å². The molecule has 2 rings (SSSR count). The lowest BCUT2D eigenvalue weighted by Crippen LogP contribution is -2.34. The molecule has 116 valence electrons. The van der Waals surface area contributed by atoms with Crippen molar-refractivity contribution in [3.8, 4) is 10.6 Å². The van der Waals surface area contributed by atoms with Crippen LogP contribution in [0.5, 0.6) is 0 Å². The van der Waals surface area contributed by atoms with Crippen LogP contribution in [0, 0.1) is 13.8 Å². The summed E-state index contributed by atoms with van der Waals surface area (Å²) in [6.07, 6.45) is 0. The number of thiazole rings is 1. The molecule has 1 heterocycles. The van der Waals surface area contributed by atoms with Gasteiger partial charge in [-0.25, -0.2) is 4.98 Å². The summed E-state index contributed by atoms with van der Waals surface area (Å²) in [5, 5.41) is 20.7. The van der Waals surface area contributed by atoms with Gasteiger partial charge in [0.2, 0.25) is 0 Å². The van der Waals surface area contributed by atoms with Gasteiger partial charge in [-0.3, -0.25) is 9.59 Å². The van der Waals surface area contributed by atoms with E-state index in [0.29, 0.717) is 5.69 Å². The van der Waals surface area contributed by atoms with Gasteiger partial charge < -0.3 is 15.1 Å². The van der Waals surface area contributed by atoms with Gasteiger partial charge in [-0.05, 0) is 25.5 Å². The molecule has 2 aromatic rings. The van der Waals surface area contributed by atoms with E-state index >= 15 is 0 Å².